The molecule has 1 atom stereocenters. The van der Waals surface area contributed by atoms with Crippen LogP contribution in [0.1, 0.15) is 26.7 Å². The van der Waals surface area contributed by atoms with Crippen LogP contribution < -0.4 is 5.32 Å². The average molecular weight is 182 g/mol. The second-order valence-corrected chi connectivity index (χ2v) is 4.19. The molecule has 1 saturated heterocycles. The Balaban J connectivity index is 2.37. The van der Waals surface area contributed by atoms with E-state index in [1.54, 1.807) is 0 Å². The Morgan fingerprint density at radius 2 is 2.38 bits per heavy atom. The summed E-state index contributed by atoms with van der Waals surface area (Å²) in [5, 5.41) is 3.58. The minimum Gasteiger partial charge on any atom is -0.309 e. The van der Waals surface area contributed by atoms with Gasteiger partial charge in [0.25, 0.3) is 0 Å². The topological polar surface area (TPSA) is 15.3 Å². The fourth-order valence-electron chi connectivity index (χ4n) is 1.85. The van der Waals surface area contributed by atoms with Gasteiger partial charge in [-0.1, -0.05) is 13.0 Å². The Bertz CT molecular complexity index is 167. The van der Waals surface area contributed by atoms with Gasteiger partial charge >= 0.3 is 0 Å². The first-order chi connectivity index (χ1) is 6.20. The zero-order chi connectivity index (χ0) is 9.73. The third-order valence-electron chi connectivity index (χ3n) is 2.98. The maximum atomic E-state index is 3.76. The number of hydrogen-bond acceptors (Lipinski definition) is 2. The second kappa shape index (κ2) is 4.77. The van der Waals surface area contributed by atoms with Crippen LogP contribution in [0.3, 0.4) is 0 Å². The first kappa shape index (κ1) is 10.7. The highest BCUT2D eigenvalue weighted by Crippen LogP contribution is 2.14. The van der Waals surface area contributed by atoms with Gasteiger partial charge in [0.05, 0.1) is 0 Å². The summed E-state index contributed by atoms with van der Waals surface area (Å²) in [5.41, 5.74) is 0.333. The van der Waals surface area contributed by atoms with Gasteiger partial charge in [0, 0.05) is 31.7 Å². The van der Waals surface area contributed by atoms with Crippen LogP contribution in [0.4, 0.5) is 0 Å². The van der Waals surface area contributed by atoms with Crippen molar-refractivity contribution in [1.29, 1.82) is 0 Å². The molecule has 2 nitrogen and oxygen atoms in total. The lowest BCUT2D eigenvalue weighted by Gasteiger charge is -2.41. The van der Waals surface area contributed by atoms with E-state index < -0.39 is 0 Å². The molecule has 0 bridgehead atoms. The van der Waals surface area contributed by atoms with E-state index in [9.17, 15) is 0 Å². The zero-order valence-corrected chi connectivity index (χ0v) is 8.97. The van der Waals surface area contributed by atoms with Crippen molar-refractivity contribution in [2.24, 2.45) is 0 Å². The summed E-state index contributed by atoms with van der Waals surface area (Å²) in [6.45, 7) is 13.0. The Morgan fingerprint density at radius 3 is 3.00 bits per heavy atom. The predicted molar refractivity (Wildman–Crippen MR) is 58.0 cm³/mol. The molecule has 0 spiro atoms. The van der Waals surface area contributed by atoms with Crippen LogP contribution in [-0.4, -0.2) is 36.6 Å². The molecule has 0 aromatic carbocycles. The monoisotopic (exact) mass is 182 g/mol. The SMILES string of the molecule is C=CCCN1CCNC(C)(CC)C1. The Kier molecular flexibility index (Phi) is 3.94. The highest BCUT2D eigenvalue weighted by atomic mass is 15.2. The standard InChI is InChI=1S/C11H22N2/c1-4-6-8-13-9-7-12-11(3,5-2)10-13/h4,12H,1,5-10H2,2-3H3. The molecule has 0 aromatic rings. The van der Waals surface area contributed by atoms with Crippen molar-refractivity contribution in [2.45, 2.75) is 32.2 Å². The van der Waals surface area contributed by atoms with Crippen LogP contribution in [0.25, 0.3) is 0 Å². The van der Waals surface area contributed by atoms with E-state index in [1.165, 1.54) is 26.1 Å². The van der Waals surface area contributed by atoms with Crippen LogP contribution in [0.2, 0.25) is 0 Å². The maximum Gasteiger partial charge on any atom is 0.0278 e. The number of rotatable bonds is 4. The Morgan fingerprint density at radius 1 is 1.62 bits per heavy atom. The molecule has 13 heavy (non-hydrogen) atoms. The van der Waals surface area contributed by atoms with Crippen molar-refractivity contribution < 1.29 is 0 Å². The normalized spacial score (nSPS) is 30.3. The van der Waals surface area contributed by atoms with Crippen molar-refractivity contribution in [1.82, 2.24) is 10.2 Å². The first-order valence-corrected chi connectivity index (χ1v) is 5.28. The molecule has 1 unspecified atom stereocenters. The molecule has 1 heterocycles. The molecule has 2 heteroatoms. The van der Waals surface area contributed by atoms with Gasteiger partial charge in [-0.15, -0.1) is 6.58 Å². The van der Waals surface area contributed by atoms with Crippen molar-refractivity contribution in [3.8, 4) is 0 Å². The molecular formula is C11H22N2. The lowest BCUT2D eigenvalue weighted by molar-refractivity contribution is 0.142. The van der Waals surface area contributed by atoms with E-state index in [4.69, 9.17) is 0 Å². The quantitative estimate of drug-likeness (QED) is 0.665. The van der Waals surface area contributed by atoms with Crippen molar-refractivity contribution >= 4 is 0 Å². The first-order valence-electron chi connectivity index (χ1n) is 5.28. The molecule has 0 aliphatic carbocycles. The van der Waals surface area contributed by atoms with Gasteiger partial charge in [-0.3, -0.25) is 4.90 Å². The van der Waals surface area contributed by atoms with E-state index in [-0.39, 0.29) is 0 Å². The van der Waals surface area contributed by atoms with Gasteiger partial charge in [0.1, 0.15) is 0 Å². The lowest BCUT2D eigenvalue weighted by atomic mass is 9.96. The highest BCUT2D eigenvalue weighted by Gasteiger charge is 2.27. The Hall–Kier alpha value is -0.340. The average Bonchev–Trinajstić information content (AvgIpc) is 2.15. The summed E-state index contributed by atoms with van der Waals surface area (Å²) in [7, 11) is 0. The summed E-state index contributed by atoms with van der Waals surface area (Å²) in [4.78, 5) is 2.53. The molecule has 0 amide bonds. The van der Waals surface area contributed by atoms with Gasteiger partial charge < -0.3 is 5.32 Å². The zero-order valence-electron chi connectivity index (χ0n) is 8.97. The number of hydrogen-bond donors (Lipinski definition) is 1. The third-order valence-corrected chi connectivity index (χ3v) is 2.98. The molecule has 0 saturated carbocycles. The van der Waals surface area contributed by atoms with Crippen molar-refractivity contribution in [3.63, 3.8) is 0 Å². The van der Waals surface area contributed by atoms with E-state index in [0.717, 1.165) is 13.0 Å². The van der Waals surface area contributed by atoms with Gasteiger partial charge in [-0.25, -0.2) is 0 Å². The number of piperazine rings is 1. The van der Waals surface area contributed by atoms with Gasteiger partial charge in [-0.05, 0) is 19.8 Å². The number of nitrogens with one attached hydrogen (secondary N) is 1. The fraction of sp³-hybridized carbons (Fsp3) is 0.818. The molecule has 1 aliphatic rings. The number of nitrogens with zero attached hydrogens (tertiary/aromatic N) is 1. The largest absolute Gasteiger partial charge is 0.309 e. The smallest absolute Gasteiger partial charge is 0.0278 e. The van der Waals surface area contributed by atoms with E-state index >= 15 is 0 Å². The summed E-state index contributed by atoms with van der Waals surface area (Å²) < 4.78 is 0. The second-order valence-electron chi connectivity index (χ2n) is 4.19. The summed E-state index contributed by atoms with van der Waals surface area (Å²) in [6, 6.07) is 0. The minimum atomic E-state index is 0.333. The van der Waals surface area contributed by atoms with Crippen LogP contribution in [0, 0.1) is 0 Å². The predicted octanol–water partition coefficient (Wildman–Crippen LogP) is 1.64. The minimum absolute atomic E-state index is 0.333. The molecule has 76 valence electrons. The van der Waals surface area contributed by atoms with E-state index in [1.807, 2.05) is 6.08 Å². The van der Waals surface area contributed by atoms with E-state index in [2.05, 4.69) is 30.6 Å². The molecule has 1 N–H and O–H groups in total. The maximum absolute atomic E-state index is 3.76. The lowest BCUT2D eigenvalue weighted by Crippen LogP contribution is -2.58. The van der Waals surface area contributed by atoms with E-state index in [0.29, 0.717) is 5.54 Å². The van der Waals surface area contributed by atoms with Crippen LogP contribution in [0.15, 0.2) is 12.7 Å². The summed E-state index contributed by atoms with van der Waals surface area (Å²) in [6.07, 6.45) is 4.32. The van der Waals surface area contributed by atoms with Crippen LogP contribution >= 0.6 is 0 Å². The summed E-state index contributed by atoms with van der Waals surface area (Å²) >= 11 is 0. The van der Waals surface area contributed by atoms with Gasteiger partial charge in [0.15, 0.2) is 0 Å². The fourth-order valence-corrected chi connectivity index (χ4v) is 1.85. The van der Waals surface area contributed by atoms with Crippen molar-refractivity contribution in [2.75, 3.05) is 26.2 Å². The van der Waals surface area contributed by atoms with Gasteiger partial charge in [0.2, 0.25) is 0 Å². The molecule has 0 radical (unpaired) electrons. The summed E-state index contributed by atoms with van der Waals surface area (Å²) in [5.74, 6) is 0. The molecular weight excluding hydrogens is 160 g/mol. The van der Waals surface area contributed by atoms with Crippen molar-refractivity contribution in [3.05, 3.63) is 12.7 Å². The Labute approximate surface area is 82.0 Å². The molecule has 0 aromatic heterocycles. The van der Waals surface area contributed by atoms with Crippen LogP contribution in [0.5, 0.6) is 0 Å². The van der Waals surface area contributed by atoms with Crippen LogP contribution in [-0.2, 0) is 0 Å². The molecule has 1 aliphatic heterocycles. The van der Waals surface area contributed by atoms with Gasteiger partial charge in [-0.2, -0.15) is 0 Å². The molecule has 1 fully saturated rings. The molecule has 1 rings (SSSR count). The highest BCUT2D eigenvalue weighted by molar-refractivity contribution is 4.90. The third kappa shape index (κ3) is 3.12.